The Labute approximate surface area is 109 Å². The number of nitriles is 1. The van der Waals surface area contributed by atoms with E-state index in [0.717, 1.165) is 22.9 Å². The largest absolute Gasteiger partial charge is 0.336 e. The molecule has 0 aromatic heterocycles. The molecule has 0 heterocycles. The molecule has 2 rings (SSSR count). The lowest BCUT2D eigenvalue weighted by Crippen LogP contribution is -2.35. The van der Waals surface area contributed by atoms with Crippen LogP contribution in [0.5, 0.6) is 0 Å². The second-order valence-corrected chi connectivity index (χ2v) is 5.26. The molecule has 3 nitrogen and oxygen atoms in total. The highest BCUT2D eigenvalue weighted by atomic mass is 79.9. The molecule has 88 valence electrons. The molecule has 0 spiro atoms. The molecule has 1 atom stereocenters. The van der Waals surface area contributed by atoms with Crippen LogP contribution in [0.15, 0.2) is 22.7 Å². The number of hydrogen-bond donors (Lipinski definition) is 1. The molecule has 0 bridgehead atoms. The summed E-state index contributed by atoms with van der Waals surface area (Å²) in [5.41, 5.74) is 1.67. The summed E-state index contributed by atoms with van der Waals surface area (Å²) < 4.78 is 0.766. The van der Waals surface area contributed by atoms with Crippen molar-refractivity contribution in [1.82, 2.24) is 5.32 Å². The van der Waals surface area contributed by atoms with Crippen molar-refractivity contribution in [3.05, 3.63) is 33.8 Å². The van der Waals surface area contributed by atoms with Crippen molar-refractivity contribution in [2.24, 2.45) is 5.92 Å². The molecule has 1 N–H and O–H groups in total. The molecule has 1 unspecified atom stereocenters. The SMILES string of the molecule is Cc1ccc(C(=O)NC(C#N)C2CC2)c(Br)c1. The van der Waals surface area contributed by atoms with Gasteiger partial charge in [-0.1, -0.05) is 6.07 Å². The summed E-state index contributed by atoms with van der Waals surface area (Å²) in [6, 6.07) is 7.35. The third-order valence-corrected chi connectivity index (χ3v) is 3.54. The number of halogens is 1. The number of nitrogens with one attached hydrogen (secondary N) is 1. The van der Waals surface area contributed by atoms with E-state index in [0.29, 0.717) is 11.5 Å². The Morgan fingerprint density at radius 3 is 2.82 bits per heavy atom. The van der Waals surface area contributed by atoms with Gasteiger partial charge >= 0.3 is 0 Å². The predicted molar refractivity (Wildman–Crippen MR) is 68.5 cm³/mol. The summed E-state index contributed by atoms with van der Waals surface area (Å²) in [4.78, 5) is 12.0. The summed E-state index contributed by atoms with van der Waals surface area (Å²) >= 11 is 3.37. The molecule has 17 heavy (non-hydrogen) atoms. The Kier molecular flexibility index (Phi) is 3.49. The van der Waals surface area contributed by atoms with Crippen molar-refractivity contribution >= 4 is 21.8 Å². The molecule has 1 amide bonds. The second kappa shape index (κ2) is 4.89. The summed E-state index contributed by atoms with van der Waals surface area (Å²) in [6.07, 6.45) is 2.07. The number of rotatable bonds is 3. The summed E-state index contributed by atoms with van der Waals surface area (Å²) in [7, 11) is 0. The van der Waals surface area contributed by atoms with Crippen molar-refractivity contribution in [1.29, 1.82) is 5.26 Å². The fraction of sp³-hybridized carbons (Fsp3) is 0.385. The second-order valence-electron chi connectivity index (χ2n) is 4.40. The van der Waals surface area contributed by atoms with E-state index >= 15 is 0 Å². The minimum atomic E-state index is -0.351. The van der Waals surface area contributed by atoms with Gasteiger partial charge in [0.2, 0.25) is 0 Å². The Morgan fingerprint density at radius 1 is 1.59 bits per heavy atom. The summed E-state index contributed by atoms with van der Waals surface area (Å²) in [5, 5.41) is 11.7. The summed E-state index contributed by atoms with van der Waals surface area (Å²) in [5.74, 6) is 0.156. The fourth-order valence-electron chi connectivity index (χ4n) is 1.71. The number of carbonyl (C=O) groups is 1. The van der Waals surface area contributed by atoms with Crippen LogP contribution in [-0.4, -0.2) is 11.9 Å². The lowest BCUT2D eigenvalue weighted by Gasteiger charge is -2.11. The molecule has 0 radical (unpaired) electrons. The third-order valence-electron chi connectivity index (χ3n) is 2.89. The van der Waals surface area contributed by atoms with E-state index < -0.39 is 0 Å². The van der Waals surface area contributed by atoms with Crippen molar-refractivity contribution in [3.63, 3.8) is 0 Å². The number of hydrogen-bond acceptors (Lipinski definition) is 2. The highest BCUT2D eigenvalue weighted by Crippen LogP contribution is 2.32. The standard InChI is InChI=1S/C13H13BrN2O/c1-8-2-5-10(11(14)6-8)13(17)16-12(7-15)9-3-4-9/h2,5-6,9,12H,3-4H2,1H3,(H,16,17). The number of aryl methyl sites for hydroxylation is 1. The molecule has 1 aliphatic rings. The van der Waals surface area contributed by atoms with Crippen LogP contribution in [0.25, 0.3) is 0 Å². The zero-order chi connectivity index (χ0) is 12.4. The first-order valence-corrected chi connectivity index (χ1v) is 6.37. The van der Waals surface area contributed by atoms with Crippen LogP contribution in [0.1, 0.15) is 28.8 Å². The Hall–Kier alpha value is -1.34. The van der Waals surface area contributed by atoms with Gasteiger partial charge < -0.3 is 5.32 Å². The minimum absolute atomic E-state index is 0.185. The van der Waals surface area contributed by atoms with Gasteiger partial charge in [0.15, 0.2) is 0 Å². The molecular weight excluding hydrogens is 280 g/mol. The first-order valence-electron chi connectivity index (χ1n) is 5.58. The van der Waals surface area contributed by atoms with Gasteiger partial charge in [-0.25, -0.2) is 0 Å². The average molecular weight is 293 g/mol. The van der Waals surface area contributed by atoms with E-state index in [-0.39, 0.29) is 11.9 Å². The maximum Gasteiger partial charge on any atom is 0.253 e. The molecule has 1 saturated carbocycles. The van der Waals surface area contributed by atoms with Crippen LogP contribution in [0.3, 0.4) is 0 Å². The molecule has 1 fully saturated rings. The Morgan fingerprint density at radius 2 is 2.29 bits per heavy atom. The van der Waals surface area contributed by atoms with Crippen LogP contribution in [0.2, 0.25) is 0 Å². The highest BCUT2D eigenvalue weighted by molar-refractivity contribution is 9.10. The van der Waals surface area contributed by atoms with Crippen LogP contribution >= 0.6 is 15.9 Å². The topological polar surface area (TPSA) is 52.9 Å². The zero-order valence-corrected chi connectivity index (χ0v) is 11.1. The van der Waals surface area contributed by atoms with Gasteiger partial charge in [-0.05, 0) is 59.3 Å². The van der Waals surface area contributed by atoms with Gasteiger partial charge in [0, 0.05) is 4.47 Å². The van der Waals surface area contributed by atoms with E-state index in [2.05, 4.69) is 27.3 Å². The van der Waals surface area contributed by atoms with Crippen LogP contribution in [0, 0.1) is 24.2 Å². The van der Waals surface area contributed by atoms with E-state index in [1.807, 2.05) is 19.1 Å². The summed E-state index contributed by atoms with van der Waals surface area (Å²) in [6.45, 7) is 1.97. The monoisotopic (exact) mass is 292 g/mol. The third kappa shape index (κ3) is 2.86. The Balaban J connectivity index is 2.11. The van der Waals surface area contributed by atoms with Gasteiger partial charge in [-0.2, -0.15) is 5.26 Å². The lowest BCUT2D eigenvalue weighted by molar-refractivity contribution is 0.0941. The van der Waals surface area contributed by atoms with Gasteiger partial charge in [0.25, 0.3) is 5.91 Å². The molecular formula is C13H13BrN2O. The lowest BCUT2D eigenvalue weighted by atomic mass is 10.1. The maximum atomic E-state index is 12.0. The normalized spacial score (nSPS) is 16.1. The van der Waals surface area contributed by atoms with Crippen molar-refractivity contribution < 1.29 is 4.79 Å². The number of nitrogens with zero attached hydrogens (tertiary/aromatic N) is 1. The fourth-order valence-corrected chi connectivity index (χ4v) is 2.38. The van der Waals surface area contributed by atoms with E-state index in [1.54, 1.807) is 6.07 Å². The number of benzene rings is 1. The molecule has 1 aromatic carbocycles. The van der Waals surface area contributed by atoms with Gasteiger partial charge in [0.05, 0.1) is 11.6 Å². The van der Waals surface area contributed by atoms with Gasteiger partial charge in [-0.3, -0.25) is 4.79 Å². The van der Waals surface area contributed by atoms with Crippen LogP contribution in [-0.2, 0) is 0 Å². The van der Waals surface area contributed by atoms with Crippen molar-refractivity contribution in [2.45, 2.75) is 25.8 Å². The first kappa shape index (κ1) is 12.1. The molecule has 4 heteroatoms. The highest BCUT2D eigenvalue weighted by Gasteiger charge is 2.32. The predicted octanol–water partition coefficient (Wildman–Crippen LogP) is 2.79. The van der Waals surface area contributed by atoms with E-state index in [9.17, 15) is 4.79 Å². The number of amides is 1. The van der Waals surface area contributed by atoms with Crippen LogP contribution in [0.4, 0.5) is 0 Å². The maximum absolute atomic E-state index is 12.0. The first-order chi connectivity index (χ1) is 8.11. The van der Waals surface area contributed by atoms with E-state index in [4.69, 9.17) is 5.26 Å². The quantitative estimate of drug-likeness (QED) is 0.931. The van der Waals surface area contributed by atoms with Crippen molar-refractivity contribution in [3.8, 4) is 6.07 Å². The Bertz CT molecular complexity index is 489. The van der Waals surface area contributed by atoms with Crippen LogP contribution < -0.4 is 5.32 Å². The molecule has 0 aliphatic heterocycles. The number of carbonyl (C=O) groups excluding carboxylic acids is 1. The van der Waals surface area contributed by atoms with Crippen molar-refractivity contribution in [2.75, 3.05) is 0 Å². The average Bonchev–Trinajstić information content (AvgIpc) is 3.09. The minimum Gasteiger partial charge on any atom is -0.336 e. The zero-order valence-electron chi connectivity index (χ0n) is 9.53. The smallest absolute Gasteiger partial charge is 0.253 e. The van der Waals surface area contributed by atoms with Gasteiger partial charge in [-0.15, -0.1) is 0 Å². The molecule has 1 aromatic rings. The van der Waals surface area contributed by atoms with Gasteiger partial charge in [0.1, 0.15) is 6.04 Å². The molecule has 1 aliphatic carbocycles. The molecule has 0 saturated heterocycles. The van der Waals surface area contributed by atoms with E-state index in [1.165, 1.54) is 0 Å².